The highest BCUT2D eigenvalue weighted by molar-refractivity contribution is 8.00. The summed E-state index contributed by atoms with van der Waals surface area (Å²) in [5.41, 5.74) is 4.51. The molecule has 0 radical (unpaired) electrons. The van der Waals surface area contributed by atoms with E-state index < -0.39 is 16.6 Å². The molecule has 0 fully saturated rings. The fraction of sp³-hybridized carbons (Fsp3) is 0.440. The van der Waals surface area contributed by atoms with Crippen LogP contribution in [0.1, 0.15) is 54.5 Å². The van der Waals surface area contributed by atoms with E-state index in [0.717, 1.165) is 28.0 Å². The van der Waals surface area contributed by atoms with Crippen LogP contribution in [0.25, 0.3) is 0 Å². The normalized spacial score (nSPS) is 12.4. The second kappa shape index (κ2) is 10.6. The second-order valence-corrected chi connectivity index (χ2v) is 10.0. The van der Waals surface area contributed by atoms with Crippen molar-refractivity contribution in [2.75, 3.05) is 13.7 Å². The average Bonchev–Trinajstić information content (AvgIpc) is 2.73. The maximum Gasteiger partial charge on any atom is 0.321 e. The van der Waals surface area contributed by atoms with E-state index in [9.17, 15) is 9.59 Å². The van der Waals surface area contributed by atoms with Gasteiger partial charge < -0.3 is 9.47 Å². The van der Waals surface area contributed by atoms with Crippen LogP contribution < -0.4 is 4.74 Å². The Balaban J connectivity index is 2.38. The van der Waals surface area contributed by atoms with Crippen LogP contribution in [-0.2, 0) is 20.1 Å². The fourth-order valence-corrected chi connectivity index (χ4v) is 4.79. The first-order chi connectivity index (χ1) is 14.5. The number of aryl methyl sites for hydroxylation is 1. The van der Waals surface area contributed by atoms with Gasteiger partial charge in [-0.05, 0) is 87.6 Å². The van der Waals surface area contributed by atoms with E-state index in [-0.39, 0.29) is 12.4 Å². The van der Waals surface area contributed by atoms with Gasteiger partial charge in [0.2, 0.25) is 0 Å². The summed E-state index contributed by atoms with van der Waals surface area (Å²) in [6.07, 6.45) is 0. The smallest absolute Gasteiger partial charge is 0.321 e. The van der Waals surface area contributed by atoms with Crippen molar-refractivity contribution in [3.05, 3.63) is 63.2 Å². The molecule has 6 heteroatoms. The van der Waals surface area contributed by atoms with Crippen molar-refractivity contribution in [2.45, 2.75) is 58.0 Å². The zero-order valence-electron chi connectivity index (χ0n) is 19.3. The van der Waals surface area contributed by atoms with Gasteiger partial charge in [0, 0.05) is 10.8 Å². The maximum atomic E-state index is 13.7. The topological polar surface area (TPSA) is 52.6 Å². The number of hydrogen-bond donors (Lipinski definition) is 0. The molecule has 2 rings (SSSR count). The first kappa shape index (κ1) is 25.3. The number of Topliss-reactive ketones (excluding diaryl/α,β-unsaturated/α-hetero) is 1. The molecule has 0 aliphatic carbocycles. The zero-order valence-corrected chi connectivity index (χ0v) is 20.9. The summed E-state index contributed by atoms with van der Waals surface area (Å²) in [6, 6.07) is 9.55. The molecule has 0 aromatic heterocycles. The van der Waals surface area contributed by atoms with Crippen LogP contribution in [-0.4, -0.2) is 30.2 Å². The first-order valence-corrected chi connectivity index (χ1v) is 11.6. The quantitative estimate of drug-likeness (QED) is 0.328. The molecular formula is C25H31ClO4S. The third-order valence-electron chi connectivity index (χ3n) is 5.58. The van der Waals surface area contributed by atoms with Crippen molar-refractivity contribution in [1.29, 1.82) is 0 Å². The molecule has 0 spiro atoms. The van der Waals surface area contributed by atoms with Crippen LogP contribution in [0.5, 0.6) is 5.75 Å². The molecule has 4 nitrogen and oxygen atoms in total. The number of rotatable bonds is 9. The van der Waals surface area contributed by atoms with Crippen molar-refractivity contribution >= 4 is 35.1 Å². The SMILES string of the molecule is CCOC(=O)C(C(=O)C(C)(C)SCc1ccc(OC)cc1)c1c(Cl)cc(C)c(C)c1C. The lowest BCUT2D eigenvalue weighted by Gasteiger charge is -2.29. The number of methoxy groups -OCH3 is 1. The number of halogens is 1. The fourth-order valence-electron chi connectivity index (χ4n) is 3.39. The third kappa shape index (κ3) is 5.83. The van der Waals surface area contributed by atoms with E-state index in [4.69, 9.17) is 21.1 Å². The molecule has 0 bridgehead atoms. The summed E-state index contributed by atoms with van der Waals surface area (Å²) in [6.45, 7) is 11.5. The van der Waals surface area contributed by atoms with E-state index in [1.165, 1.54) is 11.8 Å². The molecule has 0 saturated carbocycles. The number of thioether (sulfide) groups is 1. The number of ketones is 1. The van der Waals surface area contributed by atoms with Crippen LogP contribution in [0, 0.1) is 20.8 Å². The lowest BCUT2D eigenvalue weighted by molar-refractivity contribution is -0.148. The van der Waals surface area contributed by atoms with Crippen LogP contribution in [0.2, 0.25) is 5.02 Å². The largest absolute Gasteiger partial charge is 0.497 e. The maximum absolute atomic E-state index is 13.7. The standard InChI is InChI=1S/C25H31ClO4S/c1-8-30-24(28)22(21-17(4)16(3)15(2)13-20(21)26)23(27)25(5,6)31-14-18-9-11-19(29-7)12-10-18/h9-13,22H,8,14H2,1-7H3. The Morgan fingerprint density at radius 3 is 2.26 bits per heavy atom. The van der Waals surface area contributed by atoms with E-state index in [0.29, 0.717) is 16.3 Å². The van der Waals surface area contributed by atoms with Gasteiger partial charge in [-0.25, -0.2) is 0 Å². The lowest BCUT2D eigenvalue weighted by atomic mass is 9.83. The molecule has 1 atom stereocenters. The molecule has 0 aliphatic heterocycles. The Morgan fingerprint density at radius 1 is 1.10 bits per heavy atom. The van der Waals surface area contributed by atoms with E-state index in [2.05, 4.69) is 0 Å². The molecule has 0 aliphatic rings. The van der Waals surface area contributed by atoms with Crippen LogP contribution in [0.15, 0.2) is 30.3 Å². The highest BCUT2D eigenvalue weighted by atomic mass is 35.5. The van der Waals surface area contributed by atoms with Crippen LogP contribution >= 0.6 is 23.4 Å². The number of benzene rings is 2. The van der Waals surface area contributed by atoms with E-state index in [1.54, 1.807) is 14.0 Å². The van der Waals surface area contributed by atoms with Crippen molar-refractivity contribution < 1.29 is 19.1 Å². The molecule has 168 valence electrons. The van der Waals surface area contributed by atoms with Gasteiger partial charge in [0.05, 0.1) is 18.5 Å². The molecule has 1 unspecified atom stereocenters. The van der Waals surface area contributed by atoms with Gasteiger partial charge in [-0.2, -0.15) is 0 Å². The van der Waals surface area contributed by atoms with Crippen molar-refractivity contribution in [2.24, 2.45) is 0 Å². The first-order valence-electron chi connectivity index (χ1n) is 10.3. The second-order valence-electron chi connectivity index (χ2n) is 8.04. The van der Waals surface area contributed by atoms with Gasteiger partial charge in [-0.15, -0.1) is 11.8 Å². The van der Waals surface area contributed by atoms with Gasteiger partial charge in [0.25, 0.3) is 0 Å². The number of ether oxygens (including phenoxy) is 2. The Morgan fingerprint density at radius 2 is 1.71 bits per heavy atom. The summed E-state index contributed by atoms with van der Waals surface area (Å²) < 4.78 is 9.67. The number of hydrogen-bond acceptors (Lipinski definition) is 5. The van der Waals surface area contributed by atoms with Gasteiger partial charge in [-0.1, -0.05) is 23.7 Å². The molecule has 2 aromatic rings. The van der Waals surface area contributed by atoms with Crippen LogP contribution in [0.4, 0.5) is 0 Å². The molecule has 2 aromatic carbocycles. The summed E-state index contributed by atoms with van der Waals surface area (Å²) in [4.78, 5) is 26.7. The third-order valence-corrected chi connectivity index (χ3v) is 7.30. The van der Waals surface area contributed by atoms with Gasteiger partial charge >= 0.3 is 5.97 Å². The van der Waals surface area contributed by atoms with Crippen molar-refractivity contribution in [3.8, 4) is 5.75 Å². The molecule has 0 saturated heterocycles. The van der Waals surface area contributed by atoms with Crippen molar-refractivity contribution in [1.82, 2.24) is 0 Å². The minimum absolute atomic E-state index is 0.198. The molecule has 0 amide bonds. The lowest BCUT2D eigenvalue weighted by Crippen LogP contribution is -2.38. The minimum atomic E-state index is -1.06. The Kier molecular flexibility index (Phi) is 8.61. The predicted molar refractivity (Wildman–Crippen MR) is 128 cm³/mol. The van der Waals surface area contributed by atoms with Crippen LogP contribution in [0.3, 0.4) is 0 Å². The summed E-state index contributed by atoms with van der Waals surface area (Å²) in [5.74, 6) is -0.425. The molecule has 31 heavy (non-hydrogen) atoms. The molecule has 0 heterocycles. The highest BCUT2D eigenvalue weighted by Crippen LogP contribution is 2.39. The van der Waals surface area contributed by atoms with E-state index in [1.807, 2.05) is 65.0 Å². The number of esters is 1. The molecule has 0 N–H and O–H groups in total. The molecular weight excluding hydrogens is 432 g/mol. The summed E-state index contributed by atoms with van der Waals surface area (Å²) in [5, 5.41) is 0.419. The van der Waals surface area contributed by atoms with Gasteiger partial charge in [-0.3, -0.25) is 9.59 Å². The highest BCUT2D eigenvalue weighted by Gasteiger charge is 2.42. The average molecular weight is 463 g/mol. The Bertz CT molecular complexity index is 951. The monoisotopic (exact) mass is 462 g/mol. The summed E-state index contributed by atoms with van der Waals surface area (Å²) in [7, 11) is 1.63. The van der Waals surface area contributed by atoms with E-state index >= 15 is 0 Å². The van der Waals surface area contributed by atoms with Gasteiger partial charge in [0.15, 0.2) is 5.78 Å². The summed E-state index contributed by atoms with van der Waals surface area (Å²) >= 11 is 8.05. The zero-order chi connectivity index (χ0) is 23.3. The number of carbonyl (C=O) groups is 2. The Hall–Kier alpha value is -1.98. The minimum Gasteiger partial charge on any atom is -0.497 e. The van der Waals surface area contributed by atoms with Crippen molar-refractivity contribution in [3.63, 3.8) is 0 Å². The van der Waals surface area contributed by atoms with Gasteiger partial charge in [0.1, 0.15) is 11.7 Å². The number of carbonyl (C=O) groups excluding carboxylic acids is 2. The Labute approximate surface area is 194 Å². The predicted octanol–water partition coefficient (Wildman–Crippen LogP) is 6.20.